The minimum Gasteiger partial charge on any atom is -0.497 e. The van der Waals surface area contributed by atoms with Crippen molar-refractivity contribution in [1.29, 1.82) is 0 Å². The molecule has 0 aliphatic carbocycles. The first-order chi connectivity index (χ1) is 14.9. The molecule has 0 unspecified atom stereocenters. The van der Waals surface area contributed by atoms with Gasteiger partial charge in [0.1, 0.15) is 5.75 Å². The van der Waals surface area contributed by atoms with Crippen LogP contribution in [0, 0.1) is 11.8 Å². The second-order valence-electron chi connectivity index (χ2n) is 8.69. The van der Waals surface area contributed by atoms with Crippen molar-refractivity contribution in [2.45, 2.75) is 32.0 Å². The number of ether oxygens (including phenoxy) is 1. The molecule has 0 bridgehead atoms. The van der Waals surface area contributed by atoms with E-state index in [0.29, 0.717) is 12.1 Å². The molecule has 0 saturated carbocycles. The fourth-order valence-corrected chi connectivity index (χ4v) is 5.36. The number of amides is 1. The number of fused-ring (bicyclic) bond motifs is 3. The molecule has 3 heterocycles. The number of pyridine rings is 1. The van der Waals surface area contributed by atoms with Crippen LogP contribution in [-0.4, -0.2) is 65.8 Å². The zero-order valence-electron chi connectivity index (χ0n) is 18.6. The van der Waals surface area contributed by atoms with E-state index in [1.54, 1.807) is 26.1 Å². The Hall–Kier alpha value is -2.64. The van der Waals surface area contributed by atoms with Crippen molar-refractivity contribution in [3.05, 3.63) is 52.4 Å². The van der Waals surface area contributed by atoms with E-state index in [-0.39, 0.29) is 42.0 Å². The maximum Gasteiger partial charge on any atom is 0.258 e. The largest absolute Gasteiger partial charge is 0.497 e. The van der Waals surface area contributed by atoms with E-state index in [2.05, 4.69) is 11.8 Å². The molecular formula is C24H31N3O4. The van der Waals surface area contributed by atoms with Crippen LogP contribution in [0.3, 0.4) is 0 Å². The highest BCUT2D eigenvalue weighted by molar-refractivity contribution is 5.82. The number of rotatable bonds is 6. The van der Waals surface area contributed by atoms with Gasteiger partial charge >= 0.3 is 0 Å². The van der Waals surface area contributed by atoms with Crippen molar-refractivity contribution in [3.8, 4) is 16.9 Å². The lowest BCUT2D eigenvalue weighted by molar-refractivity contribution is -0.135. The molecule has 1 N–H and O–H groups in total. The SMILES string of the molecule is CCCN1[C@@H]2c3ccc(-c4ccc(OC)cc4)c(=O)n3C[C@@H]2[C@@H](CO)[C@@H]1C(=O)N(C)C. The second-order valence-corrected chi connectivity index (χ2v) is 8.69. The average Bonchev–Trinajstić information content (AvgIpc) is 3.29. The van der Waals surface area contributed by atoms with Crippen molar-refractivity contribution >= 4 is 5.91 Å². The number of hydrogen-bond acceptors (Lipinski definition) is 5. The topological polar surface area (TPSA) is 75.0 Å². The minimum absolute atomic E-state index is 0.0191. The maximum absolute atomic E-state index is 13.4. The van der Waals surface area contributed by atoms with Crippen LogP contribution in [-0.2, 0) is 11.3 Å². The molecule has 1 fully saturated rings. The molecule has 0 radical (unpaired) electrons. The molecule has 0 spiro atoms. The highest BCUT2D eigenvalue weighted by Crippen LogP contribution is 2.49. The van der Waals surface area contributed by atoms with Crippen LogP contribution in [0.25, 0.3) is 11.1 Å². The minimum atomic E-state index is -0.361. The maximum atomic E-state index is 13.4. The quantitative estimate of drug-likeness (QED) is 0.766. The number of likely N-dealkylation sites (N-methyl/N-ethyl adjacent to an activating group) is 1. The summed E-state index contributed by atoms with van der Waals surface area (Å²) >= 11 is 0. The van der Waals surface area contributed by atoms with Crippen LogP contribution >= 0.6 is 0 Å². The summed E-state index contributed by atoms with van der Waals surface area (Å²) in [6.45, 7) is 3.29. The number of carbonyl (C=O) groups is 1. The van der Waals surface area contributed by atoms with Crippen LogP contribution in [0.4, 0.5) is 0 Å². The van der Waals surface area contributed by atoms with Gasteiger partial charge in [0.25, 0.3) is 5.56 Å². The monoisotopic (exact) mass is 425 g/mol. The summed E-state index contributed by atoms with van der Waals surface area (Å²) in [5.74, 6) is 0.599. The number of likely N-dealkylation sites (tertiary alicyclic amines) is 1. The summed E-state index contributed by atoms with van der Waals surface area (Å²) in [5, 5.41) is 10.2. The first kappa shape index (κ1) is 21.6. The Balaban J connectivity index is 1.76. The lowest BCUT2D eigenvalue weighted by atomic mass is 9.88. The molecule has 4 rings (SSSR count). The molecule has 2 aliphatic rings. The number of aromatic nitrogens is 1. The third-order valence-electron chi connectivity index (χ3n) is 6.77. The number of aliphatic hydroxyl groups is 1. The number of benzene rings is 1. The summed E-state index contributed by atoms with van der Waals surface area (Å²) in [6.07, 6.45) is 0.896. The first-order valence-electron chi connectivity index (χ1n) is 10.9. The molecule has 4 atom stereocenters. The molecule has 7 nitrogen and oxygen atoms in total. The Kier molecular flexibility index (Phi) is 5.90. The van der Waals surface area contributed by atoms with Gasteiger partial charge in [0.2, 0.25) is 5.91 Å². The zero-order valence-corrected chi connectivity index (χ0v) is 18.6. The first-order valence-corrected chi connectivity index (χ1v) is 10.9. The summed E-state index contributed by atoms with van der Waals surface area (Å²) in [6, 6.07) is 11.0. The van der Waals surface area contributed by atoms with Gasteiger partial charge in [0, 0.05) is 50.3 Å². The molecule has 1 aromatic carbocycles. The Morgan fingerprint density at radius 3 is 2.48 bits per heavy atom. The van der Waals surface area contributed by atoms with E-state index in [9.17, 15) is 14.7 Å². The number of carbonyl (C=O) groups excluding carboxylic acids is 1. The van der Waals surface area contributed by atoms with E-state index in [4.69, 9.17) is 4.74 Å². The van der Waals surface area contributed by atoms with Gasteiger partial charge in [0.15, 0.2) is 0 Å². The Bertz CT molecular complexity index is 1010. The van der Waals surface area contributed by atoms with Crippen LogP contribution in [0.15, 0.2) is 41.2 Å². The lowest BCUT2D eigenvalue weighted by Gasteiger charge is -2.32. The van der Waals surface area contributed by atoms with Gasteiger partial charge in [-0.1, -0.05) is 19.1 Å². The zero-order chi connectivity index (χ0) is 22.3. The van der Waals surface area contributed by atoms with Gasteiger partial charge in [-0.25, -0.2) is 0 Å². The van der Waals surface area contributed by atoms with E-state index < -0.39 is 0 Å². The molecule has 1 amide bonds. The Morgan fingerprint density at radius 1 is 1.19 bits per heavy atom. The van der Waals surface area contributed by atoms with Gasteiger partial charge in [-0.05, 0) is 42.8 Å². The molecule has 31 heavy (non-hydrogen) atoms. The van der Waals surface area contributed by atoms with Gasteiger partial charge < -0.3 is 19.3 Å². The third kappa shape index (κ3) is 3.46. The highest BCUT2D eigenvalue weighted by Gasteiger charge is 2.55. The predicted octanol–water partition coefficient (Wildman–Crippen LogP) is 1.99. The Morgan fingerprint density at radius 2 is 1.90 bits per heavy atom. The van der Waals surface area contributed by atoms with Crippen molar-refractivity contribution in [2.24, 2.45) is 11.8 Å². The van der Waals surface area contributed by atoms with Gasteiger partial charge in [-0.2, -0.15) is 0 Å². The standard InChI is InChI=1S/C24H31N3O4/c1-5-12-26-21-18(19(14-28)22(26)24(30)25(2)3)13-27-20(21)11-10-17(23(27)29)15-6-8-16(31-4)9-7-15/h6-11,18-19,21-22,28H,5,12-14H2,1-4H3/t18-,19-,21+,22-/m1/s1. The van der Waals surface area contributed by atoms with Crippen LogP contribution in [0.1, 0.15) is 25.1 Å². The molecule has 2 aromatic rings. The second kappa shape index (κ2) is 8.48. The molecule has 2 aliphatic heterocycles. The number of nitrogens with zero attached hydrogens (tertiary/aromatic N) is 3. The van der Waals surface area contributed by atoms with Gasteiger partial charge in [-0.3, -0.25) is 14.5 Å². The molecule has 7 heteroatoms. The third-order valence-corrected chi connectivity index (χ3v) is 6.77. The fourth-order valence-electron chi connectivity index (χ4n) is 5.36. The number of hydrogen-bond donors (Lipinski definition) is 1. The fraction of sp³-hybridized carbons (Fsp3) is 0.500. The summed E-state index contributed by atoms with van der Waals surface area (Å²) in [7, 11) is 5.13. The van der Waals surface area contributed by atoms with Crippen molar-refractivity contribution in [3.63, 3.8) is 0 Å². The normalized spacial score (nSPS) is 24.7. The number of methoxy groups -OCH3 is 1. The van der Waals surface area contributed by atoms with E-state index in [0.717, 1.165) is 30.0 Å². The smallest absolute Gasteiger partial charge is 0.258 e. The van der Waals surface area contributed by atoms with Gasteiger partial charge in [-0.15, -0.1) is 0 Å². The van der Waals surface area contributed by atoms with Gasteiger partial charge in [0.05, 0.1) is 19.2 Å². The summed E-state index contributed by atoms with van der Waals surface area (Å²) in [4.78, 5) is 30.2. The van der Waals surface area contributed by atoms with E-state index in [1.807, 2.05) is 41.0 Å². The molecule has 1 saturated heterocycles. The predicted molar refractivity (Wildman–Crippen MR) is 119 cm³/mol. The van der Waals surface area contributed by atoms with Crippen LogP contribution in [0.2, 0.25) is 0 Å². The van der Waals surface area contributed by atoms with Crippen LogP contribution in [0.5, 0.6) is 5.75 Å². The molecule has 166 valence electrons. The summed E-state index contributed by atoms with van der Waals surface area (Å²) in [5.41, 5.74) is 2.41. The van der Waals surface area contributed by atoms with Crippen LogP contribution < -0.4 is 10.3 Å². The van der Waals surface area contributed by atoms with Crippen molar-refractivity contribution in [2.75, 3.05) is 34.4 Å². The van der Waals surface area contributed by atoms with Crippen molar-refractivity contribution in [1.82, 2.24) is 14.4 Å². The Labute approximate surface area is 182 Å². The number of aliphatic hydroxyl groups excluding tert-OH is 1. The highest BCUT2D eigenvalue weighted by atomic mass is 16.5. The average molecular weight is 426 g/mol. The lowest BCUT2D eigenvalue weighted by Crippen LogP contribution is -2.48. The van der Waals surface area contributed by atoms with E-state index >= 15 is 0 Å². The molecule has 1 aromatic heterocycles. The van der Waals surface area contributed by atoms with Crippen molar-refractivity contribution < 1.29 is 14.6 Å². The van der Waals surface area contributed by atoms with E-state index in [1.165, 1.54) is 0 Å². The summed E-state index contributed by atoms with van der Waals surface area (Å²) < 4.78 is 7.06. The molecular weight excluding hydrogens is 394 g/mol.